The first kappa shape index (κ1) is 20.3. The molecule has 0 fully saturated rings. The van der Waals surface area contributed by atoms with Crippen LogP contribution >= 0.6 is 11.3 Å². The van der Waals surface area contributed by atoms with E-state index in [1.807, 2.05) is 18.2 Å². The minimum absolute atomic E-state index is 0.00737. The number of hydrogen-bond acceptors (Lipinski definition) is 7. The van der Waals surface area contributed by atoms with Gasteiger partial charge >= 0.3 is 5.97 Å². The molecule has 0 aliphatic heterocycles. The van der Waals surface area contributed by atoms with Gasteiger partial charge in [-0.15, -0.1) is 0 Å². The maximum absolute atomic E-state index is 12.7. The Labute approximate surface area is 178 Å². The second-order valence-electron chi connectivity index (χ2n) is 7.33. The van der Waals surface area contributed by atoms with Gasteiger partial charge in [-0.2, -0.15) is 9.61 Å². The molecule has 156 valence electrons. The van der Waals surface area contributed by atoms with Gasteiger partial charge < -0.3 is 10.1 Å². The molecule has 0 spiro atoms. The summed E-state index contributed by atoms with van der Waals surface area (Å²) < 4.78 is 6.70. The highest BCUT2D eigenvalue weighted by molar-refractivity contribution is 7.16. The van der Waals surface area contributed by atoms with E-state index in [1.165, 1.54) is 53.2 Å². The second-order valence-corrected chi connectivity index (χ2v) is 8.37. The standard InChI is InChI=1S/C22H24N4O3S/c1-15-13-20(27)26-22(24-15)30-19(25-26)14-29-21(28)17-9-5-6-10-18(17)23-12-11-16-7-3-2-4-8-16/h5-7,9-10,13,23H,2-4,8,11-12,14H2,1H3. The summed E-state index contributed by atoms with van der Waals surface area (Å²) in [4.78, 5) is 29.4. The van der Waals surface area contributed by atoms with Crippen LogP contribution in [0.3, 0.4) is 0 Å². The molecule has 1 aliphatic rings. The van der Waals surface area contributed by atoms with Crippen molar-refractivity contribution >= 4 is 28.0 Å². The molecule has 4 rings (SSSR count). The molecule has 1 N–H and O–H groups in total. The number of hydrogen-bond donors (Lipinski definition) is 1. The van der Waals surface area contributed by atoms with Crippen LogP contribution in [0.5, 0.6) is 0 Å². The maximum Gasteiger partial charge on any atom is 0.340 e. The first-order valence-corrected chi connectivity index (χ1v) is 11.0. The molecule has 1 aromatic carbocycles. The van der Waals surface area contributed by atoms with Crippen molar-refractivity contribution in [1.29, 1.82) is 0 Å². The first-order valence-electron chi connectivity index (χ1n) is 10.1. The van der Waals surface area contributed by atoms with Crippen LogP contribution in [-0.4, -0.2) is 27.1 Å². The van der Waals surface area contributed by atoms with E-state index in [-0.39, 0.29) is 12.2 Å². The van der Waals surface area contributed by atoms with Crippen molar-refractivity contribution in [1.82, 2.24) is 14.6 Å². The zero-order valence-electron chi connectivity index (χ0n) is 16.9. The monoisotopic (exact) mass is 424 g/mol. The van der Waals surface area contributed by atoms with E-state index in [1.54, 1.807) is 13.0 Å². The lowest BCUT2D eigenvalue weighted by molar-refractivity contribution is 0.0472. The van der Waals surface area contributed by atoms with Crippen molar-refractivity contribution in [2.45, 2.75) is 45.6 Å². The van der Waals surface area contributed by atoms with Gasteiger partial charge in [-0.25, -0.2) is 9.78 Å². The summed E-state index contributed by atoms with van der Waals surface area (Å²) in [5, 5.41) is 8.09. The number of aromatic nitrogens is 3. The highest BCUT2D eigenvalue weighted by atomic mass is 32.1. The van der Waals surface area contributed by atoms with Crippen LogP contribution < -0.4 is 10.9 Å². The molecule has 3 aromatic rings. The zero-order valence-corrected chi connectivity index (χ0v) is 17.7. The lowest BCUT2D eigenvalue weighted by Crippen LogP contribution is -2.15. The highest BCUT2D eigenvalue weighted by Crippen LogP contribution is 2.22. The van der Waals surface area contributed by atoms with Crippen LogP contribution in [0.1, 0.15) is 53.2 Å². The molecule has 0 atom stereocenters. The van der Waals surface area contributed by atoms with E-state index in [0.29, 0.717) is 21.2 Å². The SMILES string of the molecule is Cc1cc(=O)n2nc(COC(=O)c3ccccc3NCCC3=CCCCC3)sc2n1. The van der Waals surface area contributed by atoms with Gasteiger partial charge in [0.25, 0.3) is 5.56 Å². The first-order chi connectivity index (χ1) is 14.6. The Kier molecular flexibility index (Phi) is 6.23. The average Bonchev–Trinajstić information content (AvgIpc) is 3.16. The summed E-state index contributed by atoms with van der Waals surface area (Å²) in [6, 6.07) is 8.77. The molecule has 7 nitrogen and oxygen atoms in total. The lowest BCUT2D eigenvalue weighted by Gasteiger charge is -2.15. The summed E-state index contributed by atoms with van der Waals surface area (Å²) in [7, 11) is 0. The predicted octanol–water partition coefficient (Wildman–Crippen LogP) is 4.12. The second kappa shape index (κ2) is 9.21. The number of rotatable bonds is 7. The minimum atomic E-state index is -0.425. The predicted molar refractivity (Wildman–Crippen MR) is 117 cm³/mol. The Hall–Kier alpha value is -3.00. The van der Waals surface area contributed by atoms with Gasteiger partial charge in [0, 0.05) is 24.0 Å². The number of nitrogens with one attached hydrogen (secondary N) is 1. The summed E-state index contributed by atoms with van der Waals surface area (Å²) in [5.41, 5.74) is 3.13. The molecule has 0 radical (unpaired) electrons. The fraction of sp³-hybridized carbons (Fsp3) is 0.364. The Morgan fingerprint density at radius 1 is 1.30 bits per heavy atom. The molecule has 30 heavy (non-hydrogen) atoms. The molecule has 0 bridgehead atoms. The Morgan fingerprint density at radius 2 is 2.17 bits per heavy atom. The minimum Gasteiger partial charge on any atom is -0.455 e. The van der Waals surface area contributed by atoms with E-state index in [2.05, 4.69) is 21.5 Å². The molecular formula is C22H24N4O3S. The molecule has 8 heteroatoms. The van der Waals surface area contributed by atoms with Crippen molar-refractivity contribution in [2.75, 3.05) is 11.9 Å². The van der Waals surface area contributed by atoms with Crippen molar-refractivity contribution in [3.05, 3.63) is 68.6 Å². The lowest BCUT2D eigenvalue weighted by atomic mass is 9.97. The molecule has 0 saturated heterocycles. The van der Waals surface area contributed by atoms with Gasteiger partial charge in [0.2, 0.25) is 4.96 Å². The zero-order chi connectivity index (χ0) is 20.9. The van der Waals surface area contributed by atoms with Crippen LogP contribution in [-0.2, 0) is 11.3 Å². The number of ether oxygens (including phenoxy) is 1. The molecule has 0 unspecified atom stereocenters. The third-order valence-electron chi connectivity index (χ3n) is 5.04. The smallest absolute Gasteiger partial charge is 0.340 e. The Bertz CT molecular complexity index is 1150. The van der Waals surface area contributed by atoms with Crippen molar-refractivity contribution in [2.24, 2.45) is 0 Å². The van der Waals surface area contributed by atoms with Crippen LogP contribution in [0.15, 0.2) is 46.8 Å². The number of carbonyl (C=O) groups excluding carboxylic acids is 1. The van der Waals surface area contributed by atoms with E-state index in [0.717, 1.165) is 18.7 Å². The fourth-order valence-electron chi connectivity index (χ4n) is 3.53. The van der Waals surface area contributed by atoms with Gasteiger partial charge in [-0.05, 0) is 51.2 Å². The third kappa shape index (κ3) is 4.76. The number of esters is 1. The van der Waals surface area contributed by atoms with Gasteiger partial charge in [-0.3, -0.25) is 4.79 Å². The molecule has 2 aromatic heterocycles. The van der Waals surface area contributed by atoms with Crippen LogP contribution in [0.2, 0.25) is 0 Å². The van der Waals surface area contributed by atoms with E-state index < -0.39 is 5.97 Å². The number of allylic oxidation sites excluding steroid dienone is 1. The van der Waals surface area contributed by atoms with Gasteiger partial charge in [0.1, 0.15) is 6.61 Å². The molecule has 0 saturated carbocycles. The van der Waals surface area contributed by atoms with Crippen LogP contribution in [0.25, 0.3) is 4.96 Å². The highest BCUT2D eigenvalue weighted by Gasteiger charge is 2.15. The number of fused-ring (bicyclic) bond motifs is 1. The molecule has 0 amide bonds. The van der Waals surface area contributed by atoms with Gasteiger partial charge in [0.15, 0.2) is 5.01 Å². The number of anilines is 1. The van der Waals surface area contributed by atoms with E-state index in [4.69, 9.17) is 4.74 Å². The number of carbonyl (C=O) groups is 1. The van der Waals surface area contributed by atoms with Crippen LogP contribution in [0, 0.1) is 6.92 Å². The Balaban J connectivity index is 1.39. The number of aryl methyl sites for hydroxylation is 1. The third-order valence-corrected chi connectivity index (χ3v) is 5.92. The normalized spacial score (nSPS) is 13.8. The molecule has 2 heterocycles. The summed E-state index contributed by atoms with van der Waals surface area (Å²) in [6.45, 7) is 2.53. The summed E-state index contributed by atoms with van der Waals surface area (Å²) in [6.07, 6.45) is 8.21. The number of benzene rings is 1. The maximum atomic E-state index is 12.7. The summed E-state index contributed by atoms with van der Waals surface area (Å²) >= 11 is 1.24. The average molecular weight is 425 g/mol. The topological polar surface area (TPSA) is 85.6 Å². The Morgan fingerprint density at radius 3 is 3.00 bits per heavy atom. The quantitative estimate of drug-likeness (QED) is 0.454. The molecular weight excluding hydrogens is 400 g/mol. The van der Waals surface area contributed by atoms with E-state index >= 15 is 0 Å². The van der Waals surface area contributed by atoms with Crippen molar-refractivity contribution in [3.63, 3.8) is 0 Å². The fourth-order valence-corrected chi connectivity index (χ4v) is 4.39. The van der Waals surface area contributed by atoms with Crippen molar-refractivity contribution in [3.8, 4) is 0 Å². The van der Waals surface area contributed by atoms with Crippen molar-refractivity contribution < 1.29 is 9.53 Å². The summed E-state index contributed by atoms with van der Waals surface area (Å²) in [5.74, 6) is -0.425. The van der Waals surface area contributed by atoms with Gasteiger partial charge in [-0.1, -0.05) is 35.1 Å². The molecule has 1 aliphatic carbocycles. The number of nitrogens with zero attached hydrogens (tertiary/aromatic N) is 3. The van der Waals surface area contributed by atoms with Crippen LogP contribution in [0.4, 0.5) is 5.69 Å². The largest absolute Gasteiger partial charge is 0.455 e. The van der Waals surface area contributed by atoms with E-state index in [9.17, 15) is 9.59 Å². The van der Waals surface area contributed by atoms with Gasteiger partial charge in [0.05, 0.1) is 5.56 Å². The number of para-hydroxylation sites is 1.